The molecule has 1 aromatic carbocycles. The second-order valence-electron chi connectivity index (χ2n) is 6.49. The van der Waals surface area contributed by atoms with Crippen LogP contribution in [0.4, 0.5) is 0 Å². The Morgan fingerprint density at radius 3 is 2.86 bits per heavy atom. The van der Waals surface area contributed by atoms with Crippen molar-refractivity contribution in [1.29, 1.82) is 0 Å². The van der Waals surface area contributed by atoms with Crippen molar-refractivity contribution in [3.8, 4) is 0 Å². The zero-order valence-corrected chi connectivity index (χ0v) is 16.5. The molecule has 0 amide bonds. The van der Waals surface area contributed by atoms with Gasteiger partial charge in [-0.3, -0.25) is 0 Å². The van der Waals surface area contributed by atoms with E-state index in [2.05, 4.69) is 37.5 Å². The minimum absolute atomic E-state index is 0.185. The molecule has 4 heterocycles. The van der Waals surface area contributed by atoms with Crippen LogP contribution in [0, 0.1) is 0 Å². The third-order valence-electron chi connectivity index (χ3n) is 4.47. The molecule has 5 rings (SSSR count). The van der Waals surface area contributed by atoms with E-state index in [1.165, 1.54) is 0 Å². The van der Waals surface area contributed by atoms with Crippen LogP contribution in [-0.4, -0.2) is 35.1 Å². The molecule has 0 bridgehead atoms. The Balaban J connectivity index is 1.39. The average Bonchev–Trinajstić information content (AvgIpc) is 3.48. The van der Waals surface area contributed by atoms with E-state index in [4.69, 9.17) is 4.84 Å². The number of benzene rings is 1. The molecule has 0 radical (unpaired) electrons. The molecule has 0 aliphatic carbocycles. The van der Waals surface area contributed by atoms with Gasteiger partial charge in [-0.25, -0.2) is 19.2 Å². The summed E-state index contributed by atoms with van der Waals surface area (Å²) >= 11 is 1.62. The van der Waals surface area contributed by atoms with Crippen LogP contribution in [0.5, 0.6) is 0 Å². The second kappa shape index (κ2) is 7.44. The lowest BCUT2D eigenvalue weighted by atomic mass is 10.2. The van der Waals surface area contributed by atoms with E-state index in [1.54, 1.807) is 28.4 Å². The lowest BCUT2D eigenvalue weighted by molar-refractivity contribution is 0.125. The van der Waals surface area contributed by atoms with Crippen molar-refractivity contribution in [3.05, 3.63) is 76.6 Å². The SMILES string of the molecule is CC(=NOCc1nc2c3cnn(Cc4ccccc4)c3ncn2n1)c1cccs1. The number of hydrogen-bond donors (Lipinski definition) is 0. The summed E-state index contributed by atoms with van der Waals surface area (Å²) < 4.78 is 3.51. The monoisotopic (exact) mass is 403 g/mol. The minimum Gasteiger partial charge on any atom is -0.387 e. The molecule has 0 saturated carbocycles. The number of oxime groups is 1. The van der Waals surface area contributed by atoms with Gasteiger partial charge in [0.2, 0.25) is 0 Å². The highest BCUT2D eigenvalue weighted by molar-refractivity contribution is 7.12. The summed E-state index contributed by atoms with van der Waals surface area (Å²) in [5.41, 5.74) is 3.46. The molecule has 4 aromatic heterocycles. The van der Waals surface area contributed by atoms with Gasteiger partial charge in [0.25, 0.3) is 0 Å². The molecular formula is C20H17N7OS. The van der Waals surface area contributed by atoms with Gasteiger partial charge in [0.05, 0.1) is 28.7 Å². The van der Waals surface area contributed by atoms with Crippen LogP contribution < -0.4 is 0 Å². The summed E-state index contributed by atoms with van der Waals surface area (Å²) in [5, 5.41) is 15.9. The Morgan fingerprint density at radius 1 is 1.14 bits per heavy atom. The van der Waals surface area contributed by atoms with Gasteiger partial charge in [-0.15, -0.1) is 16.4 Å². The quantitative estimate of drug-likeness (QED) is 0.320. The summed E-state index contributed by atoms with van der Waals surface area (Å²) in [4.78, 5) is 15.6. The minimum atomic E-state index is 0.185. The first-order valence-electron chi connectivity index (χ1n) is 9.08. The van der Waals surface area contributed by atoms with Crippen LogP contribution in [0.3, 0.4) is 0 Å². The van der Waals surface area contributed by atoms with Crippen molar-refractivity contribution >= 4 is 33.7 Å². The molecule has 0 spiro atoms. The Morgan fingerprint density at radius 2 is 2.03 bits per heavy atom. The number of thiophene rings is 1. The number of aromatic nitrogens is 6. The van der Waals surface area contributed by atoms with Gasteiger partial charge in [0.15, 0.2) is 23.7 Å². The topological polar surface area (TPSA) is 82.5 Å². The molecule has 0 aliphatic heterocycles. The van der Waals surface area contributed by atoms with Crippen LogP contribution in [0.25, 0.3) is 16.7 Å². The third-order valence-corrected chi connectivity index (χ3v) is 5.44. The molecule has 0 fully saturated rings. The van der Waals surface area contributed by atoms with Crippen LogP contribution >= 0.6 is 11.3 Å². The normalized spacial score (nSPS) is 12.1. The predicted octanol–water partition coefficient (Wildman–Crippen LogP) is 3.52. The highest BCUT2D eigenvalue weighted by Crippen LogP contribution is 2.18. The molecule has 5 aromatic rings. The Hall–Kier alpha value is -3.59. The van der Waals surface area contributed by atoms with Gasteiger partial charge >= 0.3 is 0 Å². The highest BCUT2D eigenvalue weighted by Gasteiger charge is 2.13. The van der Waals surface area contributed by atoms with Gasteiger partial charge in [-0.05, 0) is 23.9 Å². The van der Waals surface area contributed by atoms with Gasteiger partial charge in [-0.1, -0.05) is 41.6 Å². The molecule has 9 heteroatoms. The van der Waals surface area contributed by atoms with E-state index in [1.807, 2.05) is 47.3 Å². The third kappa shape index (κ3) is 3.47. The maximum Gasteiger partial charge on any atom is 0.192 e. The number of fused-ring (bicyclic) bond motifs is 3. The van der Waals surface area contributed by atoms with Crippen molar-refractivity contribution in [2.24, 2.45) is 5.16 Å². The molecule has 8 nitrogen and oxygen atoms in total. The van der Waals surface area contributed by atoms with E-state index < -0.39 is 0 Å². The van der Waals surface area contributed by atoms with Crippen molar-refractivity contribution in [1.82, 2.24) is 29.4 Å². The average molecular weight is 403 g/mol. The fourth-order valence-corrected chi connectivity index (χ4v) is 3.73. The molecule has 0 atom stereocenters. The molecular weight excluding hydrogens is 386 g/mol. The molecule has 0 unspecified atom stereocenters. The fourth-order valence-electron chi connectivity index (χ4n) is 3.06. The summed E-state index contributed by atoms with van der Waals surface area (Å²) in [6, 6.07) is 14.2. The standard InChI is InChI=1S/C20H17N7OS/c1-14(17-8-5-9-29-17)25-28-12-18-23-20-16-10-22-26(11-15-6-3-2-4-7-15)19(16)21-13-27(20)24-18/h2-10,13H,11-12H2,1H3. The summed E-state index contributed by atoms with van der Waals surface area (Å²) in [6.07, 6.45) is 3.43. The van der Waals surface area contributed by atoms with E-state index >= 15 is 0 Å². The van der Waals surface area contributed by atoms with Crippen molar-refractivity contribution < 1.29 is 4.84 Å². The van der Waals surface area contributed by atoms with Crippen LogP contribution in [0.2, 0.25) is 0 Å². The maximum atomic E-state index is 5.45. The van der Waals surface area contributed by atoms with E-state index in [0.717, 1.165) is 27.2 Å². The molecule has 0 aliphatic rings. The van der Waals surface area contributed by atoms with Crippen LogP contribution in [0.15, 0.2) is 65.5 Å². The summed E-state index contributed by atoms with van der Waals surface area (Å²) in [5.74, 6) is 0.540. The Bertz CT molecular complexity index is 1290. The summed E-state index contributed by atoms with van der Waals surface area (Å²) in [6.45, 7) is 2.75. The van der Waals surface area contributed by atoms with Crippen molar-refractivity contribution in [2.45, 2.75) is 20.1 Å². The van der Waals surface area contributed by atoms with Crippen molar-refractivity contribution in [2.75, 3.05) is 0 Å². The zero-order chi connectivity index (χ0) is 19.6. The predicted molar refractivity (Wildman–Crippen MR) is 111 cm³/mol. The zero-order valence-electron chi connectivity index (χ0n) is 15.6. The molecule has 0 saturated heterocycles. The molecule has 0 N–H and O–H groups in total. The maximum absolute atomic E-state index is 5.45. The Labute approximate surface area is 170 Å². The number of nitrogens with zero attached hydrogens (tertiary/aromatic N) is 7. The fraction of sp³-hybridized carbons (Fsp3) is 0.150. The summed E-state index contributed by atoms with van der Waals surface area (Å²) in [7, 11) is 0. The van der Waals surface area contributed by atoms with E-state index in [0.29, 0.717) is 18.0 Å². The van der Waals surface area contributed by atoms with Crippen LogP contribution in [0.1, 0.15) is 23.2 Å². The lowest BCUT2D eigenvalue weighted by Gasteiger charge is -2.02. The van der Waals surface area contributed by atoms with Gasteiger partial charge in [0, 0.05) is 0 Å². The lowest BCUT2D eigenvalue weighted by Crippen LogP contribution is -2.03. The van der Waals surface area contributed by atoms with Crippen molar-refractivity contribution in [3.63, 3.8) is 0 Å². The molecule has 29 heavy (non-hydrogen) atoms. The smallest absolute Gasteiger partial charge is 0.192 e. The highest BCUT2D eigenvalue weighted by atomic mass is 32.1. The van der Waals surface area contributed by atoms with Crippen LogP contribution in [-0.2, 0) is 18.0 Å². The number of hydrogen-bond acceptors (Lipinski definition) is 7. The molecule has 144 valence electrons. The van der Waals surface area contributed by atoms with E-state index in [-0.39, 0.29) is 6.61 Å². The van der Waals surface area contributed by atoms with Gasteiger partial charge in [-0.2, -0.15) is 5.10 Å². The second-order valence-corrected chi connectivity index (χ2v) is 7.44. The van der Waals surface area contributed by atoms with E-state index in [9.17, 15) is 0 Å². The first kappa shape index (κ1) is 17.5. The number of rotatable bonds is 6. The largest absolute Gasteiger partial charge is 0.387 e. The van der Waals surface area contributed by atoms with Gasteiger partial charge < -0.3 is 4.84 Å². The Kier molecular flexibility index (Phi) is 4.49. The first-order valence-corrected chi connectivity index (χ1v) is 9.96. The van der Waals surface area contributed by atoms with Gasteiger partial charge in [0.1, 0.15) is 6.33 Å². The first-order chi connectivity index (χ1) is 14.3.